The molecule has 2 aromatic rings. The molecule has 0 unspecified atom stereocenters. The van der Waals surface area contributed by atoms with Crippen LogP contribution in [0, 0.1) is 0 Å². The van der Waals surface area contributed by atoms with Gasteiger partial charge in [0.15, 0.2) is 5.82 Å². The number of morpholine rings is 1. The van der Waals surface area contributed by atoms with Gasteiger partial charge in [-0.2, -0.15) is 18.3 Å². The molecule has 3 rings (SSSR count). The Bertz CT molecular complexity index is 728. The molecule has 0 radical (unpaired) electrons. The SMILES string of the molecule is CN1CCOC[C@H]1C(=O)Nc1n[nH]c2cc(C(F)(F)F)ccc12. The van der Waals surface area contributed by atoms with Gasteiger partial charge >= 0.3 is 6.18 Å². The highest BCUT2D eigenvalue weighted by atomic mass is 19.4. The molecule has 0 aliphatic carbocycles. The van der Waals surface area contributed by atoms with Crippen molar-refractivity contribution in [2.75, 3.05) is 32.1 Å². The number of aromatic amines is 1. The first kappa shape index (κ1) is 15.8. The van der Waals surface area contributed by atoms with Gasteiger partial charge < -0.3 is 10.1 Å². The molecule has 2 heterocycles. The molecule has 0 bridgehead atoms. The number of amides is 1. The minimum atomic E-state index is -4.43. The number of likely N-dealkylation sites (N-methyl/N-ethyl adjacent to an activating group) is 1. The van der Waals surface area contributed by atoms with Gasteiger partial charge in [0.05, 0.1) is 24.3 Å². The zero-order chi connectivity index (χ0) is 16.6. The number of nitrogens with one attached hydrogen (secondary N) is 2. The van der Waals surface area contributed by atoms with E-state index in [1.807, 2.05) is 11.9 Å². The van der Waals surface area contributed by atoms with Crippen molar-refractivity contribution in [2.24, 2.45) is 0 Å². The molecule has 1 aliphatic heterocycles. The number of halogens is 3. The van der Waals surface area contributed by atoms with E-state index in [1.54, 1.807) is 0 Å². The zero-order valence-electron chi connectivity index (χ0n) is 12.3. The van der Waals surface area contributed by atoms with E-state index in [0.717, 1.165) is 12.1 Å². The third kappa shape index (κ3) is 3.15. The van der Waals surface area contributed by atoms with E-state index in [9.17, 15) is 18.0 Å². The molecule has 2 N–H and O–H groups in total. The summed E-state index contributed by atoms with van der Waals surface area (Å²) >= 11 is 0. The Morgan fingerprint density at radius 3 is 2.96 bits per heavy atom. The highest BCUT2D eigenvalue weighted by molar-refractivity contribution is 6.01. The Labute approximate surface area is 129 Å². The normalized spacial score (nSPS) is 19.9. The highest BCUT2D eigenvalue weighted by Crippen LogP contribution is 2.32. The fourth-order valence-corrected chi connectivity index (χ4v) is 2.45. The maximum Gasteiger partial charge on any atom is 0.416 e. The first-order chi connectivity index (χ1) is 10.9. The smallest absolute Gasteiger partial charge is 0.378 e. The molecule has 1 aliphatic rings. The second-order valence-electron chi connectivity index (χ2n) is 5.39. The van der Waals surface area contributed by atoms with Gasteiger partial charge in [0.25, 0.3) is 0 Å². The molecule has 23 heavy (non-hydrogen) atoms. The zero-order valence-corrected chi connectivity index (χ0v) is 12.3. The fraction of sp³-hybridized carbons (Fsp3) is 0.429. The van der Waals surface area contributed by atoms with Gasteiger partial charge in [0.1, 0.15) is 6.04 Å². The van der Waals surface area contributed by atoms with Crippen molar-refractivity contribution >= 4 is 22.6 Å². The van der Waals surface area contributed by atoms with Crippen LogP contribution < -0.4 is 5.32 Å². The van der Waals surface area contributed by atoms with E-state index in [1.165, 1.54) is 6.07 Å². The van der Waals surface area contributed by atoms with Crippen LogP contribution in [0.1, 0.15) is 5.56 Å². The van der Waals surface area contributed by atoms with Gasteiger partial charge in [-0.25, -0.2) is 0 Å². The summed E-state index contributed by atoms with van der Waals surface area (Å²) in [5.41, 5.74) is -0.560. The van der Waals surface area contributed by atoms with E-state index in [2.05, 4.69) is 15.5 Å². The van der Waals surface area contributed by atoms with Gasteiger partial charge in [0, 0.05) is 11.9 Å². The van der Waals surface area contributed by atoms with Crippen LogP contribution in [0.4, 0.5) is 19.0 Å². The Hall–Kier alpha value is -2.13. The van der Waals surface area contributed by atoms with Crippen LogP contribution in [0.5, 0.6) is 0 Å². The molecule has 1 amide bonds. The van der Waals surface area contributed by atoms with Gasteiger partial charge in [-0.05, 0) is 25.2 Å². The maximum atomic E-state index is 12.7. The number of rotatable bonds is 2. The first-order valence-electron chi connectivity index (χ1n) is 7.00. The number of alkyl halides is 3. The Morgan fingerprint density at radius 2 is 2.26 bits per heavy atom. The Balaban J connectivity index is 1.82. The molecule has 1 atom stereocenters. The standard InChI is InChI=1S/C14H15F3N4O2/c1-21-4-5-23-7-11(21)13(22)18-12-9-3-2-8(14(15,16)17)6-10(9)19-20-12/h2-3,6,11H,4-5,7H2,1H3,(H2,18,19,20,22)/t11-/m0/s1. The molecule has 1 aromatic heterocycles. The average molecular weight is 328 g/mol. The molecular formula is C14H15F3N4O2. The van der Waals surface area contributed by atoms with Gasteiger partial charge in [-0.15, -0.1) is 0 Å². The summed E-state index contributed by atoms with van der Waals surface area (Å²) in [5, 5.41) is 9.47. The summed E-state index contributed by atoms with van der Waals surface area (Å²) in [6, 6.07) is 2.76. The van der Waals surface area contributed by atoms with Crippen LogP contribution >= 0.6 is 0 Å². The van der Waals surface area contributed by atoms with Crippen LogP contribution in [0.25, 0.3) is 10.9 Å². The van der Waals surface area contributed by atoms with Crippen molar-refractivity contribution in [1.29, 1.82) is 0 Å². The van der Waals surface area contributed by atoms with Crippen molar-refractivity contribution < 1.29 is 22.7 Å². The van der Waals surface area contributed by atoms with Crippen molar-refractivity contribution in [3.63, 3.8) is 0 Å². The summed E-state index contributed by atoms with van der Waals surface area (Å²) in [7, 11) is 1.81. The molecule has 124 valence electrons. The lowest BCUT2D eigenvalue weighted by atomic mass is 10.1. The molecule has 1 saturated heterocycles. The molecule has 0 spiro atoms. The van der Waals surface area contributed by atoms with E-state index >= 15 is 0 Å². The predicted molar refractivity (Wildman–Crippen MR) is 77.0 cm³/mol. The molecule has 1 fully saturated rings. The number of nitrogens with zero attached hydrogens (tertiary/aromatic N) is 2. The number of ether oxygens (including phenoxy) is 1. The summed E-state index contributed by atoms with van der Waals surface area (Å²) < 4.78 is 43.4. The number of aromatic nitrogens is 2. The summed E-state index contributed by atoms with van der Waals surface area (Å²) in [6.07, 6.45) is -4.43. The van der Waals surface area contributed by atoms with Crippen molar-refractivity contribution in [3.05, 3.63) is 23.8 Å². The first-order valence-corrected chi connectivity index (χ1v) is 7.00. The van der Waals surface area contributed by atoms with Gasteiger partial charge in [-0.1, -0.05) is 0 Å². The van der Waals surface area contributed by atoms with E-state index in [4.69, 9.17) is 4.74 Å². The van der Waals surface area contributed by atoms with Crippen molar-refractivity contribution in [2.45, 2.75) is 12.2 Å². The van der Waals surface area contributed by atoms with Gasteiger partial charge in [0.2, 0.25) is 5.91 Å². The quantitative estimate of drug-likeness (QED) is 0.883. The van der Waals surface area contributed by atoms with Crippen LogP contribution in [0.2, 0.25) is 0 Å². The fourth-order valence-electron chi connectivity index (χ4n) is 2.45. The Kier molecular flexibility index (Phi) is 3.99. The minimum Gasteiger partial charge on any atom is -0.378 e. The van der Waals surface area contributed by atoms with Crippen molar-refractivity contribution in [3.8, 4) is 0 Å². The minimum absolute atomic E-state index is 0.206. The third-order valence-electron chi connectivity index (χ3n) is 3.83. The lowest BCUT2D eigenvalue weighted by Gasteiger charge is -2.30. The molecule has 0 saturated carbocycles. The molecule has 1 aromatic carbocycles. The second-order valence-corrected chi connectivity index (χ2v) is 5.39. The lowest BCUT2D eigenvalue weighted by molar-refractivity contribution is -0.137. The summed E-state index contributed by atoms with van der Waals surface area (Å²) in [6.45, 7) is 1.46. The predicted octanol–water partition coefficient (Wildman–Crippen LogP) is 1.85. The number of hydrogen-bond donors (Lipinski definition) is 2. The number of fused-ring (bicyclic) bond motifs is 1. The van der Waals surface area contributed by atoms with E-state index in [0.29, 0.717) is 18.5 Å². The van der Waals surface area contributed by atoms with E-state index < -0.39 is 17.8 Å². The van der Waals surface area contributed by atoms with Crippen LogP contribution in [0.3, 0.4) is 0 Å². The van der Waals surface area contributed by atoms with Gasteiger partial charge in [-0.3, -0.25) is 14.8 Å². The summed E-state index contributed by atoms with van der Waals surface area (Å²) in [5.74, 6) is -0.0989. The third-order valence-corrected chi connectivity index (χ3v) is 3.83. The highest BCUT2D eigenvalue weighted by Gasteiger charge is 2.31. The lowest BCUT2D eigenvalue weighted by Crippen LogP contribution is -2.49. The Morgan fingerprint density at radius 1 is 1.48 bits per heavy atom. The number of carbonyl (C=O) groups is 1. The monoisotopic (exact) mass is 328 g/mol. The molecule has 9 heteroatoms. The number of carbonyl (C=O) groups excluding carboxylic acids is 1. The number of hydrogen-bond acceptors (Lipinski definition) is 4. The average Bonchev–Trinajstić information content (AvgIpc) is 2.89. The van der Waals surface area contributed by atoms with Crippen LogP contribution in [-0.4, -0.2) is 53.9 Å². The maximum absolute atomic E-state index is 12.7. The molecular weight excluding hydrogens is 313 g/mol. The topological polar surface area (TPSA) is 70.2 Å². The number of H-pyrrole nitrogens is 1. The number of benzene rings is 1. The van der Waals surface area contributed by atoms with Crippen LogP contribution in [0.15, 0.2) is 18.2 Å². The largest absolute Gasteiger partial charge is 0.416 e. The number of anilines is 1. The molecule has 6 nitrogen and oxygen atoms in total. The van der Waals surface area contributed by atoms with Crippen LogP contribution in [-0.2, 0) is 15.7 Å². The van der Waals surface area contributed by atoms with Crippen molar-refractivity contribution in [1.82, 2.24) is 15.1 Å². The second kappa shape index (κ2) is 5.82. The summed E-state index contributed by atoms with van der Waals surface area (Å²) in [4.78, 5) is 14.1. The van der Waals surface area contributed by atoms with E-state index in [-0.39, 0.29) is 23.8 Å².